The maximum atomic E-state index is 10.0. The minimum Gasteiger partial charge on any atom is -0.299 e. The molecular formula is C16H28O. The summed E-state index contributed by atoms with van der Waals surface area (Å²) >= 11 is 0. The van der Waals surface area contributed by atoms with E-state index in [9.17, 15) is 4.79 Å². The largest absolute Gasteiger partial charge is 0.299 e. The molecule has 0 unspecified atom stereocenters. The van der Waals surface area contributed by atoms with Gasteiger partial charge in [-0.2, -0.15) is 0 Å². The summed E-state index contributed by atoms with van der Waals surface area (Å²) in [6, 6.07) is 0. The summed E-state index contributed by atoms with van der Waals surface area (Å²) in [5.41, 5.74) is 0. The first kappa shape index (κ1) is 16.1. The molecule has 0 amide bonds. The van der Waals surface area contributed by atoms with E-state index in [-0.39, 0.29) is 0 Å². The van der Waals surface area contributed by atoms with Crippen molar-refractivity contribution in [2.45, 2.75) is 71.1 Å². The highest BCUT2D eigenvalue weighted by Gasteiger charge is 1.87. The number of hydrogen-bond acceptors (Lipinski definition) is 1. The minimum absolute atomic E-state index is 0.851. The molecule has 0 aromatic carbocycles. The average Bonchev–Trinajstić information content (AvgIpc) is 2.35. The van der Waals surface area contributed by atoms with Crippen LogP contribution in [0, 0.1) is 0 Å². The fourth-order valence-electron chi connectivity index (χ4n) is 1.78. The van der Waals surface area contributed by atoms with Gasteiger partial charge in [0.1, 0.15) is 6.29 Å². The van der Waals surface area contributed by atoms with Crippen molar-refractivity contribution in [3.05, 3.63) is 24.3 Å². The standard InChI is InChI=1S/C16H28O/c1-2-3-4-5-6-7-8-9-10-11-12-13-14-15-16-17/h6-7,14-16H,2-5,8-13H2,1H3/b7-6-,15-14+. The van der Waals surface area contributed by atoms with E-state index in [0.29, 0.717) is 0 Å². The first-order valence-corrected chi connectivity index (χ1v) is 7.17. The molecule has 0 aliphatic carbocycles. The van der Waals surface area contributed by atoms with Gasteiger partial charge in [0.2, 0.25) is 0 Å². The second-order valence-corrected chi connectivity index (χ2v) is 4.52. The molecule has 0 spiro atoms. The van der Waals surface area contributed by atoms with Gasteiger partial charge < -0.3 is 0 Å². The monoisotopic (exact) mass is 236 g/mol. The van der Waals surface area contributed by atoms with Crippen LogP contribution in [-0.4, -0.2) is 6.29 Å². The maximum absolute atomic E-state index is 10.0. The van der Waals surface area contributed by atoms with E-state index in [1.807, 2.05) is 6.08 Å². The van der Waals surface area contributed by atoms with Gasteiger partial charge in [-0.05, 0) is 44.6 Å². The van der Waals surface area contributed by atoms with Crippen LogP contribution >= 0.6 is 0 Å². The molecule has 0 aliphatic rings. The Morgan fingerprint density at radius 1 is 0.706 bits per heavy atom. The van der Waals surface area contributed by atoms with Crippen LogP contribution in [0.5, 0.6) is 0 Å². The third-order valence-corrected chi connectivity index (χ3v) is 2.85. The van der Waals surface area contributed by atoms with Gasteiger partial charge in [0, 0.05) is 0 Å². The van der Waals surface area contributed by atoms with E-state index in [0.717, 1.165) is 12.7 Å². The fraction of sp³-hybridized carbons (Fsp3) is 0.688. The number of carbonyl (C=O) groups excluding carboxylic acids is 1. The highest BCUT2D eigenvalue weighted by Crippen LogP contribution is 2.07. The second kappa shape index (κ2) is 15.1. The average molecular weight is 236 g/mol. The molecule has 0 fully saturated rings. The summed E-state index contributed by atoms with van der Waals surface area (Å²) in [6.45, 7) is 2.24. The summed E-state index contributed by atoms with van der Waals surface area (Å²) in [7, 11) is 0. The molecule has 0 aliphatic heterocycles. The molecule has 0 aromatic rings. The van der Waals surface area contributed by atoms with Gasteiger partial charge in [-0.25, -0.2) is 0 Å². The van der Waals surface area contributed by atoms with Crippen LogP contribution in [0.3, 0.4) is 0 Å². The molecule has 0 rings (SSSR count). The van der Waals surface area contributed by atoms with Crippen LogP contribution in [0.1, 0.15) is 71.1 Å². The molecule has 98 valence electrons. The van der Waals surface area contributed by atoms with Crippen LogP contribution in [0.15, 0.2) is 24.3 Å². The first-order valence-electron chi connectivity index (χ1n) is 7.17. The van der Waals surface area contributed by atoms with E-state index >= 15 is 0 Å². The Labute approximate surface area is 107 Å². The van der Waals surface area contributed by atoms with E-state index in [1.165, 1.54) is 57.8 Å². The van der Waals surface area contributed by atoms with Gasteiger partial charge in [-0.3, -0.25) is 4.79 Å². The van der Waals surface area contributed by atoms with Crippen LogP contribution in [0.25, 0.3) is 0 Å². The number of aldehydes is 1. The zero-order valence-electron chi connectivity index (χ0n) is 11.4. The van der Waals surface area contributed by atoms with Crippen molar-refractivity contribution < 1.29 is 4.79 Å². The Morgan fingerprint density at radius 2 is 1.24 bits per heavy atom. The highest BCUT2D eigenvalue weighted by molar-refractivity contribution is 5.64. The number of allylic oxidation sites excluding steroid dienone is 4. The van der Waals surface area contributed by atoms with Crippen LogP contribution in [-0.2, 0) is 4.79 Å². The van der Waals surface area contributed by atoms with Crippen LogP contribution < -0.4 is 0 Å². The highest BCUT2D eigenvalue weighted by atomic mass is 16.1. The number of hydrogen-bond donors (Lipinski definition) is 0. The topological polar surface area (TPSA) is 17.1 Å². The van der Waals surface area contributed by atoms with Crippen molar-refractivity contribution in [1.29, 1.82) is 0 Å². The summed E-state index contributed by atoms with van der Waals surface area (Å²) < 4.78 is 0. The Morgan fingerprint density at radius 3 is 1.76 bits per heavy atom. The Balaban J connectivity index is 3.07. The predicted molar refractivity (Wildman–Crippen MR) is 76.2 cm³/mol. The number of carbonyl (C=O) groups is 1. The molecule has 0 atom stereocenters. The van der Waals surface area contributed by atoms with E-state index < -0.39 is 0 Å². The quantitative estimate of drug-likeness (QED) is 0.196. The van der Waals surface area contributed by atoms with Gasteiger partial charge in [0.05, 0.1) is 0 Å². The molecule has 0 aromatic heterocycles. The SMILES string of the molecule is CCCCC/C=C\CCCCCC/C=C/C=O. The van der Waals surface area contributed by atoms with Crippen molar-refractivity contribution in [3.8, 4) is 0 Å². The van der Waals surface area contributed by atoms with Gasteiger partial charge in [0.25, 0.3) is 0 Å². The van der Waals surface area contributed by atoms with Crippen LogP contribution in [0.4, 0.5) is 0 Å². The van der Waals surface area contributed by atoms with Crippen molar-refractivity contribution in [2.24, 2.45) is 0 Å². The lowest BCUT2D eigenvalue weighted by atomic mass is 10.1. The molecule has 0 saturated heterocycles. The van der Waals surface area contributed by atoms with Gasteiger partial charge in [-0.1, -0.05) is 50.8 Å². The molecule has 17 heavy (non-hydrogen) atoms. The molecular weight excluding hydrogens is 208 g/mol. The van der Waals surface area contributed by atoms with E-state index in [1.54, 1.807) is 6.08 Å². The minimum atomic E-state index is 0.851. The molecule has 0 N–H and O–H groups in total. The van der Waals surface area contributed by atoms with Crippen molar-refractivity contribution >= 4 is 6.29 Å². The van der Waals surface area contributed by atoms with Gasteiger partial charge >= 0.3 is 0 Å². The lowest BCUT2D eigenvalue weighted by Gasteiger charge is -1.97. The zero-order valence-corrected chi connectivity index (χ0v) is 11.4. The Hall–Kier alpha value is -0.850. The molecule has 0 saturated carbocycles. The molecule has 0 heterocycles. The molecule has 0 bridgehead atoms. The Bertz CT molecular complexity index is 204. The summed E-state index contributed by atoms with van der Waals surface area (Å²) in [6.07, 6.45) is 21.7. The van der Waals surface area contributed by atoms with Gasteiger partial charge in [0.15, 0.2) is 0 Å². The van der Waals surface area contributed by atoms with Gasteiger partial charge in [-0.15, -0.1) is 0 Å². The van der Waals surface area contributed by atoms with E-state index in [2.05, 4.69) is 19.1 Å². The Kier molecular flexibility index (Phi) is 14.4. The molecule has 0 radical (unpaired) electrons. The lowest BCUT2D eigenvalue weighted by molar-refractivity contribution is -0.104. The third kappa shape index (κ3) is 15.1. The van der Waals surface area contributed by atoms with Crippen LogP contribution in [0.2, 0.25) is 0 Å². The summed E-state index contributed by atoms with van der Waals surface area (Å²) in [5, 5.41) is 0. The normalized spacial score (nSPS) is 11.6. The smallest absolute Gasteiger partial charge is 0.142 e. The third-order valence-electron chi connectivity index (χ3n) is 2.85. The molecule has 1 nitrogen and oxygen atoms in total. The maximum Gasteiger partial charge on any atom is 0.142 e. The number of rotatable bonds is 12. The zero-order chi connectivity index (χ0) is 12.6. The lowest BCUT2D eigenvalue weighted by Crippen LogP contribution is -1.77. The number of unbranched alkanes of at least 4 members (excludes halogenated alkanes) is 8. The van der Waals surface area contributed by atoms with Crippen molar-refractivity contribution in [2.75, 3.05) is 0 Å². The summed E-state index contributed by atoms with van der Waals surface area (Å²) in [5.74, 6) is 0. The second-order valence-electron chi connectivity index (χ2n) is 4.52. The first-order chi connectivity index (χ1) is 8.41. The fourth-order valence-corrected chi connectivity index (χ4v) is 1.78. The summed E-state index contributed by atoms with van der Waals surface area (Å²) in [4.78, 5) is 10.0. The predicted octanol–water partition coefficient (Wildman–Crippen LogP) is 5.22. The molecule has 1 heteroatoms. The van der Waals surface area contributed by atoms with E-state index in [4.69, 9.17) is 0 Å². The van der Waals surface area contributed by atoms with Crippen molar-refractivity contribution in [3.63, 3.8) is 0 Å². The van der Waals surface area contributed by atoms with Crippen molar-refractivity contribution in [1.82, 2.24) is 0 Å².